The first kappa shape index (κ1) is 14.6. The van der Waals surface area contributed by atoms with E-state index in [1.165, 1.54) is 12.1 Å². The molecule has 0 unspecified atom stereocenters. The lowest BCUT2D eigenvalue weighted by molar-refractivity contribution is -0.384. The maximum atomic E-state index is 10.8. The highest BCUT2D eigenvalue weighted by Gasteiger charge is 2.40. The molecule has 0 bridgehead atoms. The van der Waals surface area contributed by atoms with Crippen molar-refractivity contribution >= 4 is 23.0 Å². The largest absolute Gasteiger partial charge is 0.381 e. The van der Waals surface area contributed by atoms with Crippen molar-refractivity contribution in [3.63, 3.8) is 0 Å². The van der Waals surface area contributed by atoms with Crippen LogP contribution in [0.1, 0.15) is 25.7 Å². The molecule has 1 aliphatic heterocycles. The Kier molecular flexibility index (Phi) is 4.01. The highest BCUT2D eigenvalue weighted by molar-refractivity contribution is 6.33. The maximum absolute atomic E-state index is 10.8. The highest BCUT2D eigenvalue weighted by Crippen LogP contribution is 2.37. The van der Waals surface area contributed by atoms with Crippen LogP contribution in [0.4, 0.5) is 11.4 Å². The van der Waals surface area contributed by atoms with E-state index in [0.29, 0.717) is 23.9 Å². The Morgan fingerprint density at radius 1 is 1.29 bits per heavy atom. The van der Waals surface area contributed by atoms with Crippen molar-refractivity contribution in [1.82, 2.24) is 0 Å². The molecule has 0 radical (unpaired) electrons. The summed E-state index contributed by atoms with van der Waals surface area (Å²) < 4.78 is 11.4. The summed E-state index contributed by atoms with van der Waals surface area (Å²) >= 11 is 6.11. The van der Waals surface area contributed by atoms with Crippen LogP contribution >= 0.6 is 11.6 Å². The van der Waals surface area contributed by atoms with Crippen molar-refractivity contribution in [2.75, 3.05) is 18.5 Å². The van der Waals surface area contributed by atoms with Gasteiger partial charge >= 0.3 is 0 Å². The van der Waals surface area contributed by atoms with Gasteiger partial charge in [0.2, 0.25) is 0 Å². The number of nitrogens with zero attached hydrogens (tertiary/aromatic N) is 1. The van der Waals surface area contributed by atoms with Gasteiger partial charge in [-0.15, -0.1) is 0 Å². The lowest BCUT2D eigenvalue weighted by Gasteiger charge is -2.36. The Labute approximate surface area is 127 Å². The molecule has 0 atom stereocenters. The summed E-state index contributed by atoms with van der Waals surface area (Å²) in [7, 11) is 0. The summed E-state index contributed by atoms with van der Waals surface area (Å²) in [6.45, 7) is 1.32. The summed E-state index contributed by atoms with van der Waals surface area (Å²) in [6.07, 6.45) is 3.44. The van der Waals surface area contributed by atoms with Crippen LogP contribution in [0, 0.1) is 10.1 Å². The molecule has 1 N–H and O–H groups in total. The van der Waals surface area contributed by atoms with Gasteiger partial charge in [-0.1, -0.05) is 11.6 Å². The zero-order chi connectivity index (χ0) is 14.9. The smallest absolute Gasteiger partial charge is 0.271 e. The zero-order valence-corrected chi connectivity index (χ0v) is 12.3. The third kappa shape index (κ3) is 3.12. The fourth-order valence-electron chi connectivity index (χ4n) is 2.94. The van der Waals surface area contributed by atoms with Crippen molar-refractivity contribution < 1.29 is 14.4 Å². The average molecular weight is 313 g/mol. The number of hydrogen-bond acceptors (Lipinski definition) is 5. The van der Waals surface area contributed by atoms with E-state index >= 15 is 0 Å². The van der Waals surface area contributed by atoms with E-state index in [4.69, 9.17) is 21.1 Å². The first-order chi connectivity index (χ1) is 10.1. The number of nitrogens with one attached hydrogen (secondary N) is 1. The summed E-state index contributed by atoms with van der Waals surface area (Å²) in [5.41, 5.74) is 0.650. The van der Waals surface area contributed by atoms with Crippen LogP contribution in [0.5, 0.6) is 0 Å². The highest BCUT2D eigenvalue weighted by atomic mass is 35.5. The molecule has 1 spiro atoms. The number of benzene rings is 1. The second-order valence-corrected chi connectivity index (χ2v) is 5.85. The van der Waals surface area contributed by atoms with Crippen molar-refractivity contribution in [2.24, 2.45) is 0 Å². The van der Waals surface area contributed by atoms with Crippen LogP contribution in [0.15, 0.2) is 18.2 Å². The molecule has 1 aromatic carbocycles. The fraction of sp³-hybridized carbons (Fsp3) is 0.571. The summed E-state index contributed by atoms with van der Waals surface area (Å²) in [5.74, 6) is -0.398. The molecular weight excluding hydrogens is 296 g/mol. The molecular formula is C14H17ClN2O4. The fourth-order valence-corrected chi connectivity index (χ4v) is 3.12. The predicted molar refractivity (Wildman–Crippen MR) is 78.6 cm³/mol. The number of rotatable bonds is 3. The van der Waals surface area contributed by atoms with Gasteiger partial charge in [-0.2, -0.15) is 0 Å². The molecule has 114 valence electrons. The number of ether oxygens (including phenoxy) is 2. The standard InChI is InChI=1S/C14H17ClN2O4/c15-12-2-1-11(17(18)19)9-13(12)16-10-3-5-14(6-4-10)20-7-8-21-14/h1-2,9-10,16H,3-8H2. The first-order valence-electron chi connectivity index (χ1n) is 7.06. The molecule has 0 aromatic heterocycles. The van der Waals surface area contributed by atoms with Gasteiger partial charge in [0.05, 0.1) is 28.8 Å². The molecule has 7 heteroatoms. The molecule has 1 aliphatic carbocycles. The molecule has 6 nitrogen and oxygen atoms in total. The van der Waals surface area contributed by atoms with Crippen LogP contribution in [0.3, 0.4) is 0 Å². The predicted octanol–water partition coefficient (Wildman–Crippen LogP) is 3.35. The molecule has 2 fully saturated rings. The van der Waals surface area contributed by atoms with Gasteiger partial charge < -0.3 is 14.8 Å². The molecule has 1 aromatic rings. The quantitative estimate of drug-likeness (QED) is 0.684. The van der Waals surface area contributed by atoms with E-state index in [1.807, 2.05) is 0 Å². The molecule has 1 heterocycles. The maximum Gasteiger partial charge on any atom is 0.271 e. The van der Waals surface area contributed by atoms with Crippen LogP contribution in [-0.4, -0.2) is 30.0 Å². The third-order valence-corrected chi connectivity index (χ3v) is 4.41. The molecule has 2 aliphatic rings. The third-order valence-electron chi connectivity index (χ3n) is 4.08. The topological polar surface area (TPSA) is 73.6 Å². The molecule has 0 amide bonds. The zero-order valence-electron chi connectivity index (χ0n) is 11.5. The number of non-ortho nitro benzene ring substituents is 1. The van der Waals surface area contributed by atoms with E-state index in [-0.39, 0.29) is 11.7 Å². The summed E-state index contributed by atoms with van der Waals surface area (Å²) in [6, 6.07) is 4.66. The van der Waals surface area contributed by atoms with Gasteiger partial charge in [-0.3, -0.25) is 10.1 Å². The molecule has 21 heavy (non-hydrogen) atoms. The van der Waals surface area contributed by atoms with Gasteiger partial charge in [-0.25, -0.2) is 0 Å². The number of hydrogen-bond donors (Lipinski definition) is 1. The van der Waals surface area contributed by atoms with Crippen molar-refractivity contribution in [3.8, 4) is 0 Å². The van der Waals surface area contributed by atoms with Crippen molar-refractivity contribution in [1.29, 1.82) is 0 Å². The normalized spacial score (nSPS) is 21.6. The van der Waals surface area contributed by atoms with Crippen LogP contribution in [-0.2, 0) is 9.47 Å². The Morgan fingerprint density at radius 2 is 1.95 bits per heavy atom. The number of nitro benzene ring substituents is 1. The van der Waals surface area contributed by atoms with Crippen LogP contribution in [0.2, 0.25) is 5.02 Å². The van der Waals surface area contributed by atoms with Gasteiger partial charge in [0, 0.05) is 31.0 Å². The minimum atomic E-state index is -0.419. The lowest BCUT2D eigenvalue weighted by Crippen LogP contribution is -2.39. The first-order valence-corrected chi connectivity index (χ1v) is 7.44. The van der Waals surface area contributed by atoms with E-state index in [1.54, 1.807) is 6.07 Å². The Bertz CT molecular complexity index is 536. The molecule has 3 rings (SSSR count). The number of halogens is 1. The second kappa shape index (κ2) is 5.79. The lowest BCUT2D eigenvalue weighted by atomic mass is 9.90. The molecule has 1 saturated carbocycles. The Balaban J connectivity index is 1.65. The van der Waals surface area contributed by atoms with Crippen LogP contribution < -0.4 is 5.32 Å². The Morgan fingerprint density at radius 3 is 2.57 bits per heavy atom. The van der Waals surface area contributed by atoms with Gasteiger partial charge in [0.25, 0.3) is 5.69 Å². The van der Waals surface area contributed by atoms with Gasteiger partial charge in [0.15, 0.2) is 5.79 Å². The average Bonchev–Trinajstić information content (AvgIpc) is 2.92. The number of anilines is 1. The van der Waals surface area contributed by atoms with Crippen molar-refractivity contribution in [2.45, 2.75) is 37.5 Å². The summed E-state index contributed by atoms with van der Waals surface area (Å²) in [4.78, 5) is 10.4. The number of nitro groups is 1. The van der Waals surface area contributed by atoms with Crippen molar-refractivity contribution in [3.05, 3.63) is 33.3 Å². The van der Waals surface area contributed by atoms with E-state index in [2.05, 4.69) is 5.32 Å². The summed E-state index contributed by atoms with van der Waals surface area (Å²) in [5, 5.41) is 14.6. The SMILES string of the molecule is O=[N+]([O-])c1ccc(Cl)c(NC2CCC3(CC2)OCCO3)c1. The van der Waals surface area contributed by atoms with E-state index in [9.17, 15) is 10.1 Å². The minimum Gasteiger partial charge on any atom is -0.381 e. The second-order valence-electron chi connectivity index (χ2n) is 5.45. The minimum absolute atomic E-state index is 0.0386. The van der Waals surface area contributed by atoms with E-state index in [0.717, 1.165) is 25.7 Å². The van der Waals surface area contributed by atoms with E-state index < -0.39 is 10.7 Å². The monoisotopic (exact) mass is 312 g/mol. The Hall–Kier alpha value is -1.37. The van der Waals surface area contributed by atoms with Gasteiger partial charge in [0.1, 0.15) is 0 Å². The van der Waals surface area contributed by atoms with Crippen LogP contribution in [0.25, 0.3) is 0 Å². The molecule has 1 saturated heterocycles. The van der Waals surface area contributed by atoms with Gasteiger partial charge in [-0.05, 0) is 18.9 Å².